The number of carbonyl (C=O) groups excluding carboxylic acids is 2. The van der Waals surface area contributed by atoms with Gasteiger partial charge in [0.05, 0.1) is 11.3 Å². The molecule has 2 aromatic rings. The van der Waals surface area contributed by atoms with E-state index in [0.29, 0.717) is 43.9 Å². The predicted octanol–water partition coefficient (Wildman–Crippen LogP) is 4.00. The van der Waals surface area contributed by atoms with Crippen LogP contribution in [0, 0.1) is 13.8 Å². The Hall–Kier alpha value is -3.03. The summed E-state index contributed by atoms with van der Waals surface area (Å²) in [7, 11) is 0. The molecule has 0 atom stereocenters. The highest BCUT2D eigenvalue weighted by Crippen LogP contribution is 2.20. The van der Waals surface area contributed by atoms with Crippen LogP contribution in [-0.2, 0) is 11.3 Å². The first-order chi connectivity index (χ1) is 14.6. The molecule has 1 aliphatic rings. The Labute approximate surface area is 182 Å². The Morgan fingerprint density at radius 3 is 2.55 bits per heavy atom. The molecular formula is C23H31N3O5. The first-order valence-corrected chi connectivity index (χ1v) is 10.6. The lowest BCUT2D eigenvalue weighted by atomic mass is 10.0. The number of rotatable bonds is 5. The summed E-state index contributed by atoms with van der Waals surface area (Å²) < 4.78 is 16.4. The van der Waals surface area contributed by atoms with Gasteiger partial charge < -0.3 is 24.2 Å². The summed E-state index contributed by atoms with van der Waals surface area (Å²) in [5.74, 6) is 1.18. The van der Waals surface area contributed by atoms with Gasteiger partial charge in [-0.3, -0.25) is 4.79 Å². The number of ether oxygens (including phenoxy) is 2. The molecule has 3 rings (SSSR count). The van der Waals surface area contributed by atoms with Gasteiger partial charge in [0, 0.05) is 24.7 Å². The number of nitrogens with one attached hydrogen (secondary N) is 1. The largest absolute Gasteiger partial charge is 0.489 e. The zero-order valence-corrected chi connectivity index (χ0v) is 18.9. The van der Waals surface area contributed by atoms with Crippen molar-refractivity contribution in [3.8, 4) is 5.75 Å². The monoisotopic (exact) mass is 429 g/mol. The molecule has 0 bridgehead atoms. The normalized spacial score (nSPS) is 14.9. The van der Waals surface area contributed by atoms with Gasteiger partial charge in [0.2, 0.25) is 0 Å². The fourth-order valence-corrected chi connectivity index (χ4v) is 3.39. The van der Waals surface area contributed by atoms with Crippen molar-refractivity contribution in [3.63, 3.8) is 0 Å². The van der Waals surface area contributed by atoms with E-state index < -0.39 is 5.60 Å². The Kier molecular flexibility index (Phi) is 6.87. The molecule has 31 heavy (non-hydrogen) atoms. The number of nitrogens with zero attached hydrogens (tertiary/aromatic N) is 2. The van der Waals surface area contributed by atoms with Gasteiger partial charge in [-0.2, -0.15) is 0 Å². The molecule has 1 saturated heterocycles. The van der Waals surface area contributed by atoms with E-state index in [-0.39, 0.29) is 18.0 Å². The van der Waals surface area contributed by atoms with Gasteiger partial charge in [0.25, 0.3) is 5.91 Å². The smallest absolute Gasteiger partial charge is 0.410 e. The number of piperidine rings is 1. The third-order valence-corrected chi connectivity index (χ3v) is 5.14. The van der Waals surface area contributed by atoms with E-state index in [1.807, 2.05) is 40.7 Å². The standard InChI is InChI=1S/C23H31N3O5/c1-15-20(16(2)31-25-15)14-29-19-8-6-7-17(13-19)21(27)24-18-9-11-26(12-10-18)22(28)30-23(3,4)5/h6-8,13,18H,9-12,14H2,1-5H3,(H,24,27). The number of likely N-dealkylation sites (tertiary alicyclic amines) is 1. The second-order valence-electron chi connectivity index (χ2n) is 8.83. The number of aryl methyl sites for hydroxylation is 2. The van der Waals surface area contributed by atoms with E-state index in [0.717, 1.165) is 17.0 Å². The average molecular weight is 430 g/mol. The van der Waals surface area contributed by atoms with Crippen molar-refractivity contribution in [2.24, 2.45) is 0 Å². The summed E-state index contributed by atoms with van der Waals surface area (Å²) in [6.45, 7) is 10.7. The SMILES string of the molecule is Cc1noc(C)c1COc1cccc(C(=O)NC2CCN(C(=O)OC(C)(C)C)CC2)c1. The molecule has 8 heteroatoms. The van der Waals surface area contributed by atoms with Gasteiger partial charge in [0.1, 0.15) is 23.7 Å². The zero-order chi connectivity index (χ0) is 22.6. The van der Waals surface area contributed by atoms with Crippen LogP contribution in [0.3, 0.4) is 0 Å². The van der Waals surface area contributed by atoms with Crippen LogP contribution in [0.25, 0.3) is 0 Å². The maximum atomic E-state index is 12.7. The van der Waals surface area contributed by atoms with Crippen molar-refractivity contribution in [3.05, 3.63) is 46.8 Å². The summed E-state index contributed by atoms with van der Waals surface area (Å²) in [6.07, 6.45) is 1.07. The fourth-order valence-electron chi connectivity index (χ4n) is 3.39. The zero-order valence-electron chi connectivity index (χ0n) is 18.9. The molecule has 168 valence electrons. The van der Waals surface area contributed by atoms with Crippen LogP contribution in [0.15, 0.2) is 28.8 Å². The Morgan fingerprint density at radius 2 is 1.94 bits per heavy atom. The van der Waals surface area contributed by atoms with Crippen LogP contribution < -0.4 is 10.1 Å². The minimum Gasteiger partial charge on any atom is -0.489 e. The second-order valence-corrected chi connectivity index (χ2v) is 8.83. The maximum absolute atomic E-state index is 12.7. The molecule has 8 nitrogen and oxygen atoms in total. The Morgan fingerprint density at radius 1 is 1.23 bits per heavy atom. The molecule has 0 radical (unpaired) electrons. The van der Waals surface area contributed by atoms with Gasteiger partial charge in [-0.1, -0.05) is 11.2 Å². The average Bonchev–Trinajstić information content (AvgIpc) is 3.03. The van der Waals surface area contributed by atoms with E-state index >= 15 is 0 Å². The third-order valence-electron chi connectivity index (χ3n) is 5.14. The molecule has 1 aromatic heterocycles. The summed E-state index contributed by atoms with van der Waals surface area (Å²) in [5, 5.41) is 6.98. The maximum Gasteiger partial charge on any atom is 0.410 e. The van der Waals surface area contributed by atoms with Crippen LogP contribution in [0.5, 0.6) is 5.75 Å². The number of hydrogen-bond donors (Lipinski definition) is 1. The third kappa shape index (κ3) is 6.23. The highest BCUT2D eigenvalue weighted by molar-refractivity contribution is 5.94. The lowest BCUT2D eigenvalue weighted by Crippen LogP contribution is -2.47. The highest BCUT2D eigenvalue weighted by atomic mass is 16.6. The van der Waals surface area contributed by atoms with Crippen molar-refractivity contribution < 1.29 is 23.6 Å². The van der Waals surface area contributed by atoms with Crippen LogP contribution in [0.2, 0.25) is 0 Å². The molecular weight excluding hydrogens is 398 g/mol. The first-order valence-electron chi connectivity index (χ1n) is 10.6. The number of hydrogen-bond acceptors (Lipinski definition) is 6. The highest BCUT2D eigenvalue weighted by Gasteiger charge is 2.27. The van der Waals surface area contributed by atoms with Gasteiger partial charge >= 0.3 is 6.09 Å². The molecule has 0 saturated carbocycles. The minimum atomic E-state index is -0.513. The van der Waals surface area contributed by atoms with Gasteiger partial charge in [-0.25, -0.2) is 4.79 Å². The number of aromatic nitrogens is 1. The summed E-state index contributed by atoms with van der Waals surface area (Å²) in [4.78, 5) is 26.6. The molecule has 1 N–H and O–H groups in total. The molecule has 2 amide bonds. The van der Waals surface area contributed by atoms with Crippen molar-refractivity contribution in [2.75, 3.05) is 13.1 Å². The van der Waals surface area contributed by atoms with Crippen LogP contribution >= 0.6 is 0 Å². The van der Waals surface area contributed by atoms with E-state index in [9.17, 15) is 9.59 Å². The van der Waals surface area contributed by atoms with Gasteiger partial charge in [0.15, 0.2) is 0 Å². The van der Waals surface area contributed by atoms with Crippen molar-refractivity contribution in [2.45, 2.75) is 65.7 Å². The van der Waals surface area contributed by atoms with E-state index in [2.05, 4.69) is 10.5 Å². The summed E-state index contributed by atoms with van der Waals surface area (Å²) >= 11 is 0. The van der Waals surface area contributed by atoms with Crippen molar-refractivity contribution in [1.82, 2.24) is 15.4 Å². The molecule has 1 aliphatic heterocycles. The lowest BCUT2D eigenvalue weighted by Gasteiger charge is -2.33. The quantitative estimate of drug-likeness (QED) is 0.772. The Bertz CT molecular complexity index is 904. The fraction of sp³-hybridized carbons (Fsp3) is 0.522. The molecule has 1 aromatic carbocycles. The van der Waals surface area contributed by atoms with E-state index in [1.165, 1.54) is 0 Å². The topological polar surface area (TPSA) is 93.9 Å². The molecule has 0 spiro atoms. The summed E-state index contributed by atoms with van der Waals surface area (Å²) in [6, 6.07) is 7.10. The first kappa shape index (κ1) is 22.7. The molecule has 0 unspecified atom stereocenters. The predicted molar refractivity (Wildman–Crippen MR) is 115 cm³/mol. The van der Waals surface area contributed by atoms with Crippen molar-refractivity contribution >= 4 is 12.0 Å². The Balaban J connectivity index is 1.51. The van der Waals surface area contributed by atoms with Gasteiger partial charge in [-0.15, -0.1) is 0 Å². The number of amides is 2. The van der Waals surface area contributed by atoms with Crippen LogP contribution in [0.4, 0.5) is 4.79 Å². The number of benzene rings is 1. The molecule has 0 aliphatic carbocycles. The van der Waals surface area contributed by atoms with Crippen LogP contribution in [-0.4, -0.2) is 46.8 Å². The molecule has 2 heterocycles. The van der Waals surface area contributed by atoms with Crippen molar-refractivity contribution in [1.29, 1.82) is 0 Å². The van der Waals surface area contributed by atoms with E-state index in [1.54, 1.807) is 23.1 Å². The second kappa shape index (κ2) is 9.41. The van der Waals surface area contributed by atoms with Gasteiger partial charge in [-0.05, 0) is 65.7 Å². The molecule has 1 fully saturated rings. The lowest BCUT2D eigenvalue weighted by molar-refractivity contribution is 0.0199. The van der Waals surface area contributed by atoms with E-state index in [4.69, 9.17) is 14.0 Å². The van der Waals surface area contributed by atoms with Crippen LogP contribution in [0.1, 0.15) is 61.0 Å². The minimum absolute atomic E-state index is 0.0121. The number of carbonyl (C=O) groups is 2. The summed E-state index contributed by atoms with van der Waals surface area (Å²) in [5.41, 5.74) is 1.72.